The number of imide groups is 1. The largest absolute Gasteiger partial charge is 0.323 e. The van der Waals surface area contributed by atoms with Crippen LogP contribution in [0.5, 0.6) is 0 Å². The van der Waals surface area contributed by atoms with E-state index in [1.54, 1.807) is 25.1 Å². The van der Waals surface area contributed by atoms with Crippen molar-refractivity contribution in [1.29, 1.82) is 0 Å². The topological polar surface area (TPSA) is 66.5 Å². The molecule has 27 heavy (non-hydrogen) atoms. The van der Waals surface area contributed by atoms with Crippen LogP contribution >= 0.6 is 55.1 Å². The van der Waals surface area contributed by atoms with Crippen molar-refractivity contribution in [3.05, 3.63) is 28.2 Å². The predicted octanol–water partition coefficient (Wildman–Crippen LogP) is 4.10. The molecule has 7 atom stereocenters. The van der Waals surface area contributed by atoms with Gasteiger partial charge in [-0.25, -0.2) is 0 Å². The minimum atomic E-state index is -0.924. The van der Waals surface area contributed by atoms with Gasteiger partial charge in [0, 0.05) is 9.65 Å². The summed E-state index contributed by atoms with van der Waals surface area (Å²) in [5, 5.41) is 3.20. The highest BCUT2D eigenvalue weighted by Gasteiger charge is 2.67. The Bertz CT molecular complexity index is 820. The lowest BCUT2D eigenvalue weighted by molar-refractivity contribution is -0.146. The molecule has 0 unspecified atom stereocenters. The summed E-state index contributed by atoms with van der Waals surface area (Å²) in [7, 11) is 0. The summed E-state index contributed by atoms with van der Waals surface area (Å²) in [4.78, 5) is 40.2. The van der Waals surface area contributed by atoms with Crippen LogP contribution in [-0.4, -0.2) is 38.3 Å². The monoisotopic (exact) mass is 536 g/mol. The summed E-state index contributed by atoms with van der Waals surface area (Å²) in [5.74, 6) is -1.43. The molecular weight excluding hydrogens is 523 g/mol. The smallest absolute Gasteiger partial charge is 0.247 e. The third-order valence-corrected chi connectivity index (χ3v) is 10.0. The molecule has 1 heterocycles. The predicted molar refractivity (Wildman–Crippen MR) is 110 cm³/mol. The first-order valence-corrected chi connectivity index (χ1v) is 11.2. The Morgan fingerprint density at radius 3 is 2.26 bits per heavy atom. The van der Waals surface area contributed by atoms with Gasteiger partial charge in [-0.05, 0) is 37.3 Å². The van der Waals surface area contributed by atoms with Gasteiger partial charge in [0.15, 0.2) is 0 Å². The van der Waals surface area contributed by atoms with Crippen molar-refractivity contribution in [1.82, 2.24) is 4.90 Å². The molecule has 2 aliphatic carbocycles. The van der Waals surface area contributed by atoms with Gasteiger partial charge in [0.05, 0.1) is 27.6 Å². The molecule has 144 valence electrons. The lowest BCUT2D eigenvalue weighted by atomic mass is 9.81. The molecule has 0 aromatic heterocycles. The van der Waals surface area contributed by atoms with Gasteiger partial charge in [0.1, 0.15) is 6.04 Å². The first-order valence-electron chi connectivity index (χ1n) is 8.64. The number of carbonyl (C=O) groups excluding carboxylic acids is 3. The highest BCUT2D eigenvalue weighted by atomic mass is 79.9. The maximum atomic E-state index is 13.0. The molecule has 4 rings (SSSR count). The summed E-state index contributed by atoms with van der Waals surface area (Å²) in [5.41, 5.74) is 0.349. The number of hydrogen-bond acceptors (Lipinski definition) is 3. The fourth-order valence-corrected chi connectivity index (χ4v) is 6.93. The molecule has 1 saturated heterocycles. The number of likely N-dealkylation sites (tertiary alicyclic amines) is 1. The highest BCUT2D eigenvalue weighted by molar-refractivity contribution is 9.12. The normalized spacial score (nSPS) is 35.5. The molecule has 0 radical (unpaired) electrons. The number of alkyl halides is 2. The number of fused-ring (bicyclic) bond motifs is 5. The van der Waals surface area contributed by atoms with Crippen molar-refractivity contribution < 1.29 is 14.4 Å². The lowest BCUT2D eigenvalue weighted by Gasteiger charge is -2.28. The van der Waals surface area contributed by atoms with Crippen molar-refractivity contribution >= 4 is 78.5 Å². The van der Waals surface area contributed by atoms with Gasteiger partial charge in [-0.3, -0.25) is 19.3 Å². The van der Waals surface area contributed by atoms with Gasteiger partial charge in [-0.2, -0.15) is 0 Å². The first-order chi connectivity index (χ1) is 12.7. The Morgan fingerprint density at radius 2 is 1.70 bits per heavy atom. The van der Waals surface area contributed by atoms with E-state index in [-0.39, 0.29) is 50.2 Å². The van der Waals surface area contributed by atoms with E-state index in [1.807, 2.05) is 0 Å². The standard InChI is InChI=1S/C18H16Br2Cl2N2O3/c1-6(16(25)23-10-4-2-3-9(21)15(10)22)24-17(26)11-7-5-8(12(11)18(24)27)14(20)13(7)19/h2-4,6-8,11-14H,5H2,1H3,(H,23,25)/t6-,7-,8-,11-,12-,13+,14+/m1/s1. The van der Waals surface area contributed by atoms with Crippen LogP contribution in [-0.2, 0) is 14.4 Å². The van der Waals surface area contributed by atoms with Gasteiger partial charge in [-0.15, -0.1) is 0 Å². The van der Waals surface area contributed by atoms with Crippen molar-refractivity contribution in [3.8, 4) is 0 Å². The van der Waals surface area contributed by atoms with Gasteiger partial charge < -0.3 is 5.32 Å². The van der Waals surface area contributed by atoms with Crippen molar-refractivity contribution in [3.63, 3.8) is 0 Å². The molecular formula is C18H16Br2Cl2N2O3. The second kappa shape index (κ2) is 7.01. The number of nitrogens with zero attached hydrogens (tertiary/aromatic N) is 1. The zero-order chi connectivity index (χ0) is 19.6. The second-order valence-electron chi connectivity index (χ2n) is 7.32. The van der Waals surface area contributed by atoms with E-state index in [1.165, 1.54) is 0 Å². The molecule has 1 aromatic carbocycles. The third kappa shape index (κ3) is 2.88. The number of nitrogens with one attached hydrogen (secondary N) is 1. The fraction of sp³-hybridized carbons (Fsp3) is 0.500. The minimum absolute atomic E-state index is 0.114. The van der Waals surface area contributed by atoms with Crippen LogP contribution in [0.15, 0.2) is 18.2 Å². The Labute approximate surface area is 183 Å². The Morgan fingerprint density at radius 1 is 1.15 bits per heavy atom. The van der Waals surface area contributed by atoms with E-state index in [0.29, 0.717) is 10.7 Å². The van der Waals surface area contributed by atoms with E-state index < -0.39 is 11.9 Å². The molecule has 3 fully saturated rings. The van der Waals surface area contributed by atoms with Crippen LogP contribution in [0.2, 0.25) is 10.0 Å². The van der Waals surface area contributed by atoms with Crippen LogP contribution in [0.3, 0.4) is 0 Å². The van der Waals surface area contributed by atoms with Crippen LogP contribution in [0, 0.1) is 23.7 Å². The van der Waals surface area contributed by atoms with Crippen molar-refractivity contribution in [2.45, 2.75) is 29.0 Å². The molecule has 1 aliphatic heterocycles. The number of benzene rings is 1. The Kier molecular flexibility index (Phi) is 5.11. The van der Waals surface area contributed by atoms with Crippen LogP contribution in [0.1, 0.15) is 13.3 Å². The van der Waals surface area contributed by atoms with Crippen molar-refractivity contribution in [2.24, 2.45) is 23.7 Å². The highest BCUT2D eigenvalue weighted by Crippen LogP contribution is 2.60. The molecule has 2 saturated carbocycles. The molecule has 2 bridgehead atoms. The van der Waals surface area contributed by atoms with Crippen molar-refractivity contribution in [2.75, 3.05) is 5.32 Å². The second-order valence-corrected chi connectivity index (χ2v) is 10.2. The van der Waals surface area contributed by atoms with Gasteiger partial charge in [0.25, 0.3) is 0 Å². The average Bonchev–Trinajstić information content (AvgIpc) is 3.23. The van der Waals surface area contributed by atoms with Crippen LogP contribution < -0.4 is 5.32 Å². The molecule has 1 aromatic rings. The quantitative estimate of drug-likeness (QED) is 0.465. The molecule has 9 heteroatoms. The van der Waals surface area contributed by atoms with E-state index in [9.17, 15) is 14.4 Å². The number of hydrogen-bond donors (Lipinski definition) is 1. The SMILES string of the molecule is C[C@H](C(=O)Nc1cccc(Cl)c1Cl)N1C(=O)[C@@H]2[C@H]3C[C@@H]([C@H](Br)[C@H]3Br)[C@H]2C1=O. The van der Waals surface area contributed by atoms with E-state index >= 15 is 0 Å². The summed E-state index contributed by atoms with van der Waals surface area (Å²) in [6.45, 7) is 1.56. The number of carbonyl (C=O) groups is 3. The van der Waals surface area contributed by atoms with Crippen LogP contribution in [0.25, 0.3) is 0 Å². The molecule has 3 amide bonds. The third-order valence-electron chi connectivity index (χ3n) is 6.00. The van der Waals surface area contributed by atoms with Gasteiger partial charge in [-0.1, -0.05) is 61.1 Å². The number of amides is 3. The van der Waals surface area contributed by atoms with E-state index in [2.05, 4.69) is 37.2 Å². The summed E-state index contributed by atoms with van der Waals surface area (Å²) in [6.07, 6.45) is 0.852. The number of halogens is 4. The number of rotatable bonds is 3. The molecule has 1 N–H and O–H groups in total. The number of anilines is 1. The maximum Gasteiger partial charge on any atom is 0.247 e. The minimum Gasteiger partial charge on any atom is -0.323 e. The summed E-state index contributed by atoms with van der Waals surface area (Å²) in [6, 6.07) is 3.97. The van der Waals surface area contributed by atoms with Gasteiger partial charge >= 0.3 is 0 Å². The Balaban J connectivity index is 1.55. The summed E-state index contributed by atoms with van der Waals surface area (Å²) < 4.78 is 0. The molecule has 0 spiro atoms. The average molecular weight is 539 g/mol. The zero-order valence-electron chi connectivity index (χ0n) is 14.2. The zero-order valence-corrected chi connectivity index (χ0v) is 18.8. The molecule has 5 nitrogen and oxygen atoms in total. The fourth-order valence-electron chi connectivity index (χ4n) is 4.71. The Hall–Kier alpha value is -0.630. The first kappa shape index (κ1) is 19.7. The maximum absolute atomic E-state index is 13.0. The van der Waals surface area contributed by atoms with Gasteiger partial charge in [0.2, 0.25) is 17.7 Å². The summed E-state index contributed by atoms with van der Waals surface area (Å²) >= 11 is 19.4. The lowest BCUT2D eigenvalue weighted by Crippen LogP contribution is -2.46. The van der Waals surface area contributed by atoms with E-state index in [0.717, 1.165) is 11.3 Å². The van der Waals surface area contributed by atoms with E-state index in [4.69, 9.17) is 23.2 Å². The molecule has 3 aliphatic rings. The van der Waals surface area contributed by atoms with Crippen LogP contribution in [0.4, 0.5) is 5.69 Å².